The molecule has 0 aliphatic carbocycles. The second-order valence-corrected chi connectivity index (χ2v) is 3.74. The van der Waals surface area contributed by atoms with Crippen LogP contribution in [0.3, 0.4) is 0 Å². The molecule has 76 valence electrons. The number of fused-ring (bicyclic) bond motifs is 1. The normalized spacial score (nSPS) is 10.3. The Labute approximate surface area is 89.1 Å². The lowest BCUT2D eigenvalue weighted by molar-refractivity contribution is 0.112. The van der Waals surface area contributed by atoms with Crippen LogP contribution in [0.25, 0.3) is 10.8 Å². The summed E-state index contributed by atoms with van der Waals surface area (Å²) in [6.45, 7) is 0. The van der Waals surface area contributed by atoms with Gasteiger partial charge in [0.25, 0.3) is 0 Å². The monoisotopic (exact) mass is 199 g/mol. The maximum absolute atomic E-state index is 10.9. The van der Waals surface area contributed by atoms with E-state index in [0.29, 0.717) is 0 Å². The van der Waals surface area contributed by atoms with Crippen molar-refractivity contribution in [2.24, 2.45) is 0 Å². The second-order valence-electron chi connectivity index (χ2n) is 3.74. The highest BCUT2D eigenvalue weighted by molar-refractivity contribution is 6.02. The maximum Gasteiger partial charge on any atom is 0.152 e. The van der Waals surface area contributed by atoms with Crippen LogP contribution in [-0.2, 0) is 0 Å². The first-order valence-electron chi connectivity index (χ1n) is 4.88. The standard InChI is InChI=1S/C13H13NO/c1-14(2)13-11(9-15)8-7-10-5-3-4-6-12(10)13/h3-9H,1-2H3. The van der Waals surface area contributed by atoms with E-state index in [2.05, 4.69) is 6.07 Å². The molecule has 0 fully saturated rings. The zero-order chi connectivity index (χ0) is 10.8. The van der Waals surface area contributed by atoms with Gasteiger partial charge in [0.15, 0.2) is 6.29 Å². The molecule has 2 rings (SSSR count). The first-order chi connectivity index (χ1) is 7.24. The van der Waals surface area contributed by atoms with Crippen LogP contribution in [-0.4, -0.2) is 20.4 Å². The molecule has 0 aliphatic heterocycles. The van der Waals surface area contributed by atoms with Crippen LogP contribution in [0.15, 0.2) is 36.4 Å². The maximum atomic E-state index is 10.9. The Hall–Kier alpha value is -1.83. The SMILES string of the molecule is CN(C)c1c(C=O)ccc2ccccc12. The smallest absolute Gasteiger partial charge is 0.152 e. The lowest BCUT2D eigenvalue weighted by atomic mass is 10.0. The minimum Gasteiger partial charge on any atom is -0.377 e. The number of benzene rings is 2. The van der Waals surface area contributed by atoms with Crippen LogP contribution in [0.1, 0.15) is 10.4 Å². The van der Waals surface area contributed by atoms with Crippen molar-refractivity contribution < 1.29 is 4.79 Å². The Kier molecular flexibility index (Phi) is 2.42. The van der Waals surface area contributed by atoms with Crippen LogP contribution in [0.2, 0.25) is 0 Å². The first kappa shape index (κ1) is 9.71. The van der Waals surface area contributed by atoms with Gasteiger partial charge in [-0.15, -0.1) is 0 Å². The number of aldehydes is 1. The van der Waals surface area contributed by atoms with Gasteiger partial charge in [-0.25, -0.2) is 0 Å². The van der Waals surface area contributed by atoms with Crippen LogP contribution < -0.4 is 4.90 Å². The number of hydrogen-bond acceptors (Lipinski definition) is 2. The van der Waals surface area contributed by atoms with Gasteiger partial charge in [0.05, 0.1) is 5.69 Å². The van der Waals surface area contributed by atoms with Crippen LogP contribution in [0.4, 0.5) is 5.69 Å². The van der Waals surface area contributed by atoms with Gasteiger partial charge in [-0.2, -0.15) is 0 Å². The molecule has 0 amide bonds. The third kappa shape index (κ3) is 1.59. The van der Waals surface area contributed by atoms with Crippen molar-refractivity contribution in [3.05, 3.63) is 42.0 Å². The molecule has 0 aliphatic rings. The second kappa shape index (κ2) is 3.73. The number of anilines is 1. The van der Waals surface area contributed by atoms with Crippen molar-refractivity contribution >= 4 is 22.7 Å². The van der Waals surface area contributed by atoms with E-state index in [4.69, 9.17) is 0 Å². The number of carbonyl (C=O) groups excluding carboxylic acids is 1. The summed E-state index contributed by atoms with van der Waals surface area (Å²) in [7, 11) is 3.91. The van der Waals surface area contributed by atoms with E-state index >= 15 is 0 Å². The largest absolute Gasteiger partial charge is 0.377 e. The van der Waals surface area contributed by atoms with Gasteiger partial charge < -0.3 is 4.90 Å². The van der Waals surface area contributed by atoms with Gasteiger partial charge in [0, 0.05) is 25.0 Å². The summed E-state index contributed by atoms with van der Waals surface area (Å²) in [5.41, 5.74) is 1.72. The number of hydrogen-bond donors (Lipinski definition) is 0. The molecule has 0 radical (unpaired) electrons. The average molecular weight is 199 g/mol. The van der Waals surface area contributed by atoms with Crippen molar-refractivity contribution in [1.29, 1.82) is 0 Å². The molecule has 2 aromatic carbocycles. The molecule has 15 heavy (non-hydrogen) atoms. The summed E-state index contributed by atoms with van der Waals surface area (Å²) in [5.74, 6) is 0. The molecule has 0 atom stereocenters. The van der Waals surface area contributed by atoms with E-state index in [-0.39, 0.29) is 0 Å². The Morgan fingerprint density at radius 1 is 1.07 bits per heavy atom. The molecule has 0 saturated carbocycles. The highest BCUT2D eigenvalue weighted by Gasteiger charge is 2.07. The predicted molar refractivity (Wildman–Crippen MR) is 63.7 cm³/mol. The van der Waals surface area contributed by atoms with Crippen LogP contribution in [0, 0.1) is 0 Å². The fourth-order valence-electron chi connectivity index (χ4n) is 1.87. The summed E-state index contributed by atoms with van der Waals surface area (Å²) >= 11 is 0. The summed E-state index contributed by atoms with van der Waals surface area (Å²) in [6.07, 6.45) is 0.905. The minimum absolute atomic E-state index is 0.735. The van der Waals surface area contributed by atoms with Gasteiger partial charge >= 0.3 is 0 Å². The minimum atomic E-state index is 0.735. The Morgan fingerprint density at radius 2 is 1.80 bits per heavy atom. The summed E-state index contributed by atoms with van der Waals surface area (Å²) in [4.78, 5) is 12.9. The predicted octanol–water partition coefficient (Wildman–Crippen LogP) is 2.72. The van der Waals surface area contributed by atoms with Gasteiger partial charge in [0.2, 0.25) is 0 Å². The van der Waals surface area contributed by atoms with E-state index in [0.717, 1.165) is 28.3 Å². The highest BCUT2D eigenvalue weighted by atomic mass is 16.1. The summed E-state index contributed by atoms with van der Waals surface area (Å²) in [5, 5.41) is 2.28. The lowest BCUT2D eigenvalue weighted by Crippen LogP contribution is -2.11. The molecule has 0 aromatic heterocycles. The first-order valence-corrected chi connectivity index (χ1v) is 4.88. The van der Waals surface area contributed by atoms with Crippen molar-refractivity contribution in [1.82, 2.24) is 0 Å². The quantitative estimate of drug-likeness (QED) is 0.693. The van der Waals surface area contributed by atoms with Gasteiger partial charge in [-0.05, 0) is 11.5 Å². The van der Waals surface area contributed by atoms with E-state index in [1.807, 2.05) is 49.3 Å². The lowest BCUT2D eigenvalue weighted by Gasteiger charge is -2.17. The fraction of sp³-hybridized carbons (Fsp3) is 0.154. The molecule has 0 heterocycles. The van der Waals surface area contributed by atoms with Gasteiger partial charge in [-0.3, -0.25) is 4.79 Å². The number of nitrogens with zero attached hydrogens (tertiary/aromatic N) is 1. The Morgan fingerprint density at radius 3 is 2.47 bits per heavy atom. The third-order valence-corrected chi connectivity index (χ3v) is 2.51. The van der Waals surface area contributed by atoms with Crippen molar-refractivity contribution in [3.8, 4) is 0 Å². The molecule has 2 heteroatoms. The average Bonchev–Trinajstić information content (AvgIpc) is 2.27. The highest BCUT2D eigenvalue weighted by Crippen LogP contribution is 2.28. The fourth-order valence-corrected chi connectivity index (χ4v) is 1.87. The molecule has 2 aromatic rings. The molecular weight excluding hydrogens is 186 g/mol. The molecule has 0 N–H and O–H groups in total. The summed E-state index contributed by atoms with van der Waals surface area (Å²) < 4.78 is 0. The Bertz CT molecular complexity index is 503. The van der Waals surface area contributed by atoms with Crippen LogP contribution in [0.5, 0.6) is 0 Å². The summed E-state index contributed by atoms with van der Waals surface area (Å²) in [6, 6.07) is 11.9. The van der Waals surface area contributed by atoms with E-state index in [1.165, 1.54) is 0 Å². The van der Waals surface area contributed by atoms with E-state index < -0.39 is 0 Å². The van der Waals surface area contributed by atoms with Crippen molar-refractivity contribution in [2.45, 2.75) is 0 Å². The molecular formula is C13H13NO. The molecule has 0 saturated heterocycles. The van der Waals surface area contributed by atoms with Gasteiger partial charge in [-0.1, -0.05) is 30.3 Å². The third-order valence-electron chi connectivity index (χ3n) is 2.51. The van der Waals surface area contributed by atoms with Crippen molar-refractivity contribution in [2.75, 3.05) is 19.0 Å². The zero-order valence-electron chi connectivity index (χ0n) is 8.90. The van der Waals surface area contributed by atoms with Crippen LogP contribution >= 0.6 is 0 Å². The zero-order valence-corrected chi connectivity index (χ0v) is 8.90. The molecule has 0 spiro atoms. The van der Waals surface area contributed by atoms with Crippen molar-refractivity contribution in [3.63, 3.8) is 0 Å². The number of carbonyl (C=O) groups is 1. The van der Waals surface area contributed by atoms with E-state index in [1.54, 1.807) is 0 Å². The van der Waals surface area contributed by atoms with Gasteiger partial charge in [0.1, 0.15) is 0 Å². The van der Waals surface area contributed by atoms with E-state index in [9.17, 15) is 4.79 Å². The molecule has 0 bridgehead atoms. The Balaban J connectivity index is 2.84. The topological polar surface area (TPSA) is 20.3 Å². The number of rotatable bonds is 2. The molecule has 0 unspecified atom stereocenters. The molecule has 2 nitrogen and oxygen atoms in total.